The molecular weight excluding hydrogens is 523 g/mol. The summed E-state index contributed by atoms with van der Waals surface area (Å²) in [5.41, 5.74) is 1.22. The summed E-state index contributed by atoms with van der Waals surface area (Å²) in [6.07, 6.45) is 1.67. The van der Waals surface area contributed by atoms with Gasteiger partial charge in [-0.2, -0.15) is 0 Å². The Hall–Kier alpha value is -3.52. The van der Waals surface area contributed by atoms with Crippen LogP contribution >= 0.6 is 23.2 Å². The van der Waals surface area contributed by atoms with Gasteiger partial charge in [0.05, 0.1) is 39.1 Å². The number of aromatic nitrogens is 2. The molecule has 4 atom stereocenters. The summed E-state index contributed by atoms with van der Waals surface area (Å²) >= 11 is 12.6. The van der Waals surface area contributed by atoms with E-state index >= 15 is 0 Å². The lowest BCUT2D eigenvalue weighted by molar-refractivity contribution is -0.124. The Morgan fingerprint density at radius 2 is 1.68 bits per heavy atom. The number of halogens is 2. The van der Waals surface area contributed by atoms with Crippen molar-refractivity contribution in [3.8, 4) is 5.69 Å². The minimum atomic E-state index is -1.05. The summed E-state index contributed by atoms with van der Waals surface area (Å²) in [4.78, 5) is 51.1. The standard InChI is InChI=1S/C29H20Cl2N4O3/c30-15-11-12-21(18(31)14-15)34-26(37)23-22-10-5-13-33(22)29(24(23)27(34)38)17-7-2-4-9-20(17)35-25(36)16-6-1-3-8-19(16)32-28(29)35/h1-4,6-9,11-12,14,22-24H,5,10,13H2/t22?,23-,24+,29?/m0/s1. The van der Waals surface area contributed by atoms with Crippen LogP contribution in [0.25, 0.3) is 16.6 Å². The number of rotatable bonds is 1. The lowest BCUT2D eigenvalue weighted by atomic mass is 9.75. The number of anilines is 1. The number of hydrogen-bond donors (Lipinski definition) is 0. The van der Waals surface area contributed by atoms with E-state index in [9.17, 15) is 14.4 Å². The molecule has 1 spiro atoms. The number of nitrogens with zero attached hydrogens (tertiary/aromatic N) is 4. The molecular formula is C29H20Cl2N4O3. The first-order valence-electron chi connectivity index (χ1n) is 12.7. The average Bonchev–Trinajstić information content (AvgIpc) is 3.62. The van der Waals surface area contributed by atoms with Gasteiger partial charge in [-0.25, -0.2) is 9.88 Å². The van der Waals surface area contributed by atoms with Crippen LogP contribution in [0.1, 0.15) is 24.2 Å². The Balaban J connectivity index is 1.45. The highest BCUT2D eigenvalue weighted by atomic mass is 35.5. The molecule has 7 nitrogen and oxygen atoms in total. The van der Waals surface area contributed by atoms with E-state index in [1.807, 2.05) is 42.5 Å². The SMILES string of the molecule is O=C1[C@H]2C3CCCN3C3(c4ccccc4-n4c3nc3ccccc3c4=O)[C@H]2C(=O)N1c1ccc(Cl)cc1Cl. The van der Waals surface area contributed by atoms with Gasteiger partial charge in [0.1, 0.15) is 11.4 Å². The van der Waals surface area contributed by atoms with Crippen LogP contribution in [0.15, 0.2) is 71.5 Å². The predicted molar refractivity (Wildman–Crippen MR) is 144 cm³/mol. The molecule has 8 rings (SSSR count). The van der Waals surface area contributed by atoms with E-state index in [2.05, 4.69) is 4.90 Å². The van der Waals surface area contributed by atoms with E-state index in [1.54, 1.807) is 22.8 Å². The summed E-state index contributed by atoms with van der Waals surface area (Å²) in [6, 6.07) is 19.6. The lowest BCUT2D eigenvalue weighted by Crippen LogP contribution is -2.51. The molecule has 4 aliphatic rings. The van der Waals surface area contributed by atoms with Crippen molar-refractivity contribution in [1.29, 1.82) is 0 Å². The predicted octanol–water partition coefficient (Wildman–Crippen LogP) is 4.53. The van der Waals surface area contributed by atoms with Crippen molar-refractivity contribution in [2.24, 2.45) is 11.8 Å². The molecule has 0 saturated carbocycles. The lowest BCUT2D eigenvalue weighted by Gasteiger charge is -2.38. The molecule has 5 heterocycles. The Morgan fingerprint density at radius 1 is 0.895 bits per heavy atom. The van der Waals surface area contributed by atoms with E-state index in [-0.39, 0.29) is 28.4 Å². The number of carbonyl (C=O) groups is 2. The number of hydrogen-bond acceptors (Lipinski definition) is 5. The molecule has 38 heavy (non-hydrogen) atoms. The summed E-state index contributed by atoms with van der Waals surface area (Å²) in [5.74, 6) is -1.43. The first-order valence-corrected chi connectivity index (χ1v) is 13.4. The minimum Gasteiger partial charge on any atom is -0.283 e. The minimum absolute atomic E-state index is 0.157. The molecule has 2 unspecified atom stereocenters. The highest BCUT2D eigenvalue weighted by molar-refractivity contribution is 6.38. The van der Waals surface area contributed by atoms with Gasteiger partial charge in [0.15, 0.2) is 0 Å². The van der Waals surface area contributed by atoms with E-state index in [0.717, 1.165) is 18.4 Å². The second-order valence-electron chi connectivity index (χ2n) is 10.4. The molecule has 3 fully saturated rings. The molecule has 0 radical (unpaired) electrons. The van der Waals surface area contributed by atoms with Crippen LogP contribution in [0.4, 0.5) is 5.69 Å². The van der Waals surface area contributed by atoms with Crippen molar-refractivity contribution >= 4 is 51.6 Å². The van der Waals surface area contributed by atoms with E-state index < -0.39 is 17.4 Å². The Kier molecular flexibility index (Phi) is 4.45. The number of carbonyl (C=O) groups excluding carboxylic acids is 2. The van der Waals surface area contributed by atoms with Gasteiger partial charge in [-0.3, -0.25) is 23.9 Å². The van der Waals surface area contributed by atoms with Crippen molar-refractivity contribution in [1.82, 2.24) is 14.5 Å². The van der Waals surface area contributed by atoms with Crippen molar-refractivity contribution in [3.63, 3.8) is 0 Å². The number of para-hydroxylation sites is 2. The Morgan fingerprint density at radius 3 is 2.53 bits per heavy atom. The molecule has 9 heteroatoms. The normalized spacial score (nSPS) is 27.3. The third kappa shape index (κ3) is 2.50. The largest absolute Gasteiger partial charge is 0.283 e. The monoisotopic (exact) mass is 542 g/mol. The van der Waals surface area contributed by atoms with Crippen LogP contribution in [0.5, 0.6) is 0 Å². The first kappa shape index (κ1) is 22.5. The van der Waals surface area contributed by atoms with Gasteiger partial charge in [0.25, 0.3) is 5.56 Å². The van der Waals surface area contributed by atoms with Crippen LogP contribution in [0, 0.1) is 11.8 Å². The molecule has 3 aromatic carbocycles. The maximum Gasteiger partial charge on any atom is 0.266 e. The fourth-order valence-corrected chi connectivity index (χ4v) is 8.01. The summed E-state index contributed by atoms with van der Waals surface area (Å²) < 4.78 is 1.66. The molecule has 2 amide bonds. The zero-order chi connectivity index (χ0) is 25.9. The maximum absolute atomic E-state index is 14.5. The van der Waals surface area contributed by atoms with Gasteiger partial charge in [-0.1, -0.05) is 53.5 Å². The summed E-state index contributed by atoms with van der Waals surface area (Å²) in [5, 5.41) is 1.17. The number of amides is 2. The Labute approximate surface area is 227 Å². The van der Waals surface area contributed by atoms with Crippen molar-refractivity contribution in [3.05, 3.63) is 98.5 Å². The second kappa shape index (κ2) is 7.53. The number of benzene rings is 3. The molecule has 0 aliphatic carbocycles. The molecule has 1 aromatic heterocycles. The Bertz CT molecular complexity index is 1800. The molecule has 4 aromatic rings. The third-order valence-electron chi connectivity index (χ3n) is 8.79. The maximum atomic E-state index is 14.5. The van der Waals surface area contributed by atoms with Crippen LogP contribution in [0.3, 0.4) is 0 Å². The van der Waals surface area contributed by atoms with Gasteiger partial charge in [-0.05, 0) is 55.8 Å². The molecule has 0 bridgehead atoms. The zero-order valence-corrected chi connectivity index (χ0v) is 21.5. The highest BCUT2D eigenvalue weighted by Gasteiger charge is 2.73. The van der Waals surface area contributed by atoms with Crippen LogP contribution in [-0.2, 0) is 15.1 Å². The van der Waals surface area contributed by atoms with Crippen molar-refractivity contribution < 1.29 is 9.59 Å². The molecule has 4 aliphatic heterocycles. The van der Waals surface area contributed by atoms with Gasteiger partial charge in [0.2, 0.25) is 11.8 Å². The van der Waals surface area contributed by atoms with Crippen molar-refractivity contribution in [2.45, 2.75) is 24.4 Å². The van der Waals surface area contributed by atoms with Crippen LogP contribution < -0.4 is 10.5 Å². The summed E-state index contributed by atoms with van der Waals surface area (Å²) in [7, 11) is 0. The number of imide groups is 1. The van der Waals surface area contributed by atoms with Gasteiger partial charge in [-0.15, -0.1) is 0 Å². The topological polar surface area (TPSA) is 75.5 Å². The van der Waals surface area contributed by atoms with E-state index in [1.165, 1.54) is 11.0 Å². The van der Waals surface area contributed by atoms with Gasteiger partial charge in [0, 0.05) is 16.6 Å². The third-order valence-corrected chi connectivity index (χ3v) is 9.33. The zero-order valence-electron chi connectivity index (χ0n) is 20.0. The quantitative estimate of drug-likeness (QED) is 0.330. The fraction of sp³-hybridized carbons (Fsp3) is 0.241. The first-order chi connectivity index (χ1) is 18.4. The number of fused-ring (bicyclic) bond motifs is 11. The molecule has 3 saturated heterocycles. The smallest absolute Gasteiger partial charge is 0.266 e. The van der Waals surface area contributed by atoms with Gasteiger partial charge < -0.3 is 0 Å². The second-order valence-corrected chi connectivity index (χ2v) is 11.2. The average molecular weight is 543 g/mol. The highest BCUT2D eigenvalue weighted by Crippen LogP contribution is 2.62. The molecule has 188 valence electrons. The van der Waals surface area contributed by atoms with Crippen molar-refractivity contribution in [2.75, 3.05) is 11.4 Å². The van der Waals surface area contributed by atoms with Crippen LogP contribution in [0.2, 0.25) is 10.0 Å². The van der Waals surface area contributed by atoms with Crippen LogP contribution in [-0.4, -0.2) is 38.9 Å². The van der Waals surface area contributed by atoms with E-state index in [4.69, 9.17) is 28.2 Å². The van der Waals surface area contributed by atoms with E-state index in [0.29, 0.717) is 39.7 Å². The molecule has 0 N–H and O–H groups in total. The summed E-state index contributed by atoms with van der Waals surface area (Å²) in [6.45, 7) is 0.705. The van der Waals surface area contributed by atoms with Gasteiger partial charge >= 0.3 is 0 Å². The fourth-order valence-electron chi connectivity index (χ4n) is 7.51.